The minimum Gasteiger partial charge on any atom is -0.376 e. The molecule has 0 saturated carbocycles. The van der Waals surface area contributed by atoms with Gasteiger partial charge >= 0.3 is 0 Å². The van der Waals surface area contributed by atoms with E-state index in [4.69, 9.17) is 0 Å². The summed E-state index contributed by atoms with van der Waals surface area (Å²) in [4.78, 5) is 12.0. The van der Waals surface area contributed by atoms with Crippen molar-refractivity contribution in [1.29, 1.82) is 0 Å². The summed E-state index contributed by atoms with van der Waals surface area (Å²) in [6, 6.07) is 12.4. The van der Waals surface area contributed by atoms with Crippen molar-refractivity contribution >= 4 is 21.4 Å². The number of carbonyl (C=O) groups excluding carboxylic acids is 1. The van der Waals surface area contributed by atoms with Crippen LogP contribution in [0.3, 0.4) is 0 Å². The predicted octanol–water partition coefficient (Wildman–Crippen LogP) is 2.00. The molecule has 0 aliphatic rings. The van der Waals surface area contributed by atoms with E-state index < -0.39 is 9.84 Å². The van der Waals surface area contributed by atoms with Gasteiger partial charge in [0.2, 0.25) is 5.91 Å². The number of carbonyl (C=O) groups is 1. The van der Waals surface area contributed by atoms with E-state index in [9.17, 15) is 17.6 Å². The molecule has 2 rings (SSSR count). The molecule has 7 heteroatoms. The molecule has 0 unspecified atom stereocenters. The number of amides is 1. The summed E-state index contributed by atoms with van der Waals surface area (Å²) in [6.45, 7) is 0.478. The highest BCUT2D eigenvalue weighted by atomic mass is 32.2. The highest BCUT2D eigenvalue weighted by molar-refractivity contribution is 7.90. The molecule has 0 atom stereocenters. The molecule has 1 amide bonds. The van der Waals surface area contributed by atoms with Gasteiger partial charge in [0.05, 0.1) is 11.4 Å². The zero-order chi connectivity index (χ0) is 17.6. The number of nitrogens with one attached hydrogen (secondary N) is 2. The second kappa shape index (κ2) is 7.92. The van der Waals surface area contributed by atoms with Gasteiger partial charge in [-0.3, -0.25) is 4.79 Å². The molecule has 0 aliphatic heterocycles. The van der Waals surface area contributed by atoms with Gasteiger partial charge in [-0.25, -0.2) is 12.8 Å². The van der Waals surface area contributed by atoms with Crippen LogP contribution in [0.15, 0.2) is 53.4 Å². The minimum atomic E-state index is -3.28. The molecule has 5 nitrogen and oxygen atoms in total. The van der Waals surface area contributed by atoms with Gasteiger partial charge in [0, 0.05) is 18.5 Å². The predicted molar refractivity (Wildman–Crippen MR) is 91.2 cm³/mol. The number of anilines is 1. The Morgan fingerprint density at radius 3 is 2.50 bits per heavy atom. The highest BCUT2D eigenvalue weighted by Crippen LogP contribution is 2.14. The van der Waals surface area contributed by atoms with E-state index in [2.05, 4.69) is 10.6 Å². The summed E-state index contributed by atoms with van der Waals surface area (Å²) in [5, 5.41) is 5.63. The highest BCUT2D eigenvalue weighted by Gasteiger charge is 2.08. The first-order valence-corrected chi connectivity index (χ1v) is 9.29. The van der Waals surface area contributed by atoms with Crippen LogP contribution >= 0.6 is 0 Å². The van der Waals surface area contributed by atoms with Gasteiger partial charge in [-0.1, -0.05) is 18.2 Å². The van der Waals surface area contributed by atoms with Gasteiger partial charge in [-0.15, -0.1) is 0 Å². The molecule has 0 radical (unpaired) electrons. The Morgan fingerprint density at radius 1 is 1.12 bits per heavy atom. The zero-order valence-electron chi connectivity index (χ0n) is 13.3. The molecule has 0 fully saturated rings. The first-order valence-electron chi connectivity index (χ1n) is 7.40. The van der Waals surface area contributed by atoms with E-state index in [1.807, 2.05) is 0 Å². The number of hydrogen-bond acceptors (Lipinski definition) is 4. The van der Waals surface area contributed by atoms with Gasteiger partial charge in [0.25, 0.3) is 0 Å². The van der Waals surface area contributed by atoms with E-state index in [1.54, 1.807) is 24.3 Å². The number of halogens is 1. The Hall–Kier alpha value is -2.41. The number of sulfone groups is 1. The Labute approximate surface area is 140 Å². The van der Waals surface area contributed by atoms with Crippen LogP contribution in [-0.4, -0.2) is 33.7 Å². The van der Waals surface area contributed by atoms with Crippen LogP contribution in [0.1, 0.15) is 5.56 Å². The fourth-order valence-corrected chi connectivity index (χ4v) is 2.75. The lowest BCUT2D eigenvalue weighted by atomic mass is 10.1. The molecule has 0 aromatic heterocycles. The molecular weight excluding hydrogens is 331 g/mol. The normalized spacial score (nSPS) is 11.1. The smallest absolute Gasteiger partial charge is 0.239 e. The van der Waals surface area contributed by atoms with Crippen LogP contribution < -0.4 is 10.6 Å². The molecule has 2 aromatic rings. The fraction of sp³-hybridized carbons (Fsp3) is 0.235. The molecule has 0 spiro atoms. The maximum Gasteiger partial charge on any atom is 0.239 e. The standard InChI is InChI=1S/C17H19FN2O3S/c1-24(22,23)16-4-2-3-15(11-16)20-12-17(21)19-10-9-13-5-7-14(18)8-6-13/h2-8,11,20H,9-10,12H2,1H3,(H,19,21). The number of hydrogen-bond donors (Lipinski definition) is 2. The fourth-order valence-electron chi connectivity index (χ4n) is 2.08. The summed E-state index contributed by atoms with van der Waals surface area (Å²) in [7, 11) is -3.28. The van der Waals surface area contributed by atoms with E-state index in [1.165, 1.54) is 24.3 Å². The Bertz CT molecular complexity index is 805. The number of rotatable bonds is 7. The molecule has 24 heavy (non-hydrogen) atoms. The third-order valence-corrected chi connectivity index (χ3v) is 4.47. The van der Waals surface area contributed by atoms with Gasteiger partial charge in [-0.05, 0) is 42.3 Å². The van der Waals surface area contributed by atoms with Crippen molar-refractivity contribution in [3.05, 3.63) is 59.9 Å². The molecule has 0 heterocycles. The van der Waals surface area contributed by atoms with Crippen LogP contribution in [0.4, 0.5) is 10.1 Å². The van der Waals surface area contributed by atoms with Gasteiger partial charge < -0.3 is 10.6 Å². The first-order chi connectivity index (χ1) is 11.3. The van der Waals surface area contributed by atoms with Crippen molar-refractivity contribution in [3.63, 3.8) is 0 Å². The topological polar surface area (TPSA) is 75.3 Å². The van der Waals surface area contributed by atoms with Crippen LogP contribution in [0.2, 0.25) is 0 Å². The first kappa shape index (κ1) is 17.9. The zero-order valence-corrected chi connectivity index (χ0v) is 14.1. The number of benzene rings is 2. The molecule has 0 saturated heterocycles. The summed E-state index contributed by atoms with van der Waals surface area (Å²) in [6.07, 6.45) is 1.74. The van der Waals surface area contributed by atoms with Crippen LogP contribution in [0.5, 0.6) is 0 Å². The molecule has 0 aliphatic carbocycles. The second-order valence-corrected chi connectivity index (χ2v) is 7.40. The Morgan fingerprint density at radius 2 is 1.83 bits per heavy atom. The molecule has 128 valence electrons. The van der Waals surface area contributed by atoms with Crippen molar-refractivity contribution < 1.29 is 17.6 Å². The van der Waals surface area contributed by atoms with E-state index >= 15 is 0 Å². The second-order valence-electron chi connectivity index (χ2n) is 5.38. The van der Waals surface area contributed by atoms with Crippen molar-refractivity contribution in [2.45, 2.75) is 11.3 Å². The third kappa shape index (κ3) is 5.66. The van der Waals surface area contributed by atoms with Gasteiger partial charge in [0.15, 0.2) is 9.84 Å². The SMILES string of the molecule is CS(=O)(=O)c1cccc(NCC(=O)NCCc2ccc(F)cc2)c1. The average Bonchev–Trinajstić information content (AvgIpc) is 2.54. The summed E-state index contributed by atoms with van der Waals surface area (Å²) < 4.78 is 35.8. The van der Waals surface area contributed by atoms with Crippen molar-refractivity contribution in [1.82, 2.24) is 5.32 Å². The lowest BCUT2D eigenvalue weighted by molar-refractivity contribution is -0.119. The van der Waals surface area contributed by atoms with Gasteiger partial charge in [-0.2, -0.15) is 0 Å². The monoisotopic (exact) mass is 350 g/mol. The largest absolute Gasteiger partial charge is 0.376 e. The minimum absolute atomic E-state index is 0.0383. The Kier molecular flexibility index (Phi) is 5.92. The lowest BCUT2D eigenvalue weighted by Gasteiger charge is -2.09. The third-order valence-electron chi connectivity index (χ3n) is 3.36. The molecule has 2 aromatic carbocycles. The maximum atomic E-state index is 12.8. The van der Waals surface area contributed by atoms with Crippen molar-refractivity contribution in [2.24, 2.45) is 0 Å². The summed E-state index contributed by atoms with van der Waals surface area (Å²) >= 11 is 0. The van der Waals surface area contributed by atoms with Crippen molar-refractivity contribution in [2.75, 3.05) is 24.7 Å². The lowest BCUT2D eigenvalue weighted by Crippen LogP contribution is -2.31. The quantitative estimate of drug-likeness (QED) is 0.801. The van der Waals surface area contributed by atoms with Gasteiger partial charge in [0.1, 0.15) is 5.82 Å². The summed E-state index contributed by atoms with van der Waals surface area (Å²) in [5.41, 5.74) is 1.50. The molecule has 0 bridgehead atoms. The Balaban J connectivity index is 1.78. The average molecular weight is 350 g/mol. The van der Waals surface area contributed by atoms with E-state index in [0.717, 1.165) is 11.8 Å². The molecule has 2 N–H and O–H groups in total. The summed E-state index contributed by atoms with van der Waals surface area (Å²) in [5.74, 6) is -0.495. The van der Waals surface area contributed by atoms with Crippen LogP contribution in [0, 0.1) is 5.82 Å². The molecular formula is C17H19FN2O3S. The van der Waals surface area contributed by atoms with Crippen LogP contribution in [0.25, 0.3) is 0 Å². The van der Waals surface area contributed by atoms with Crippen molar-refractivity contribution in [3.8, 4) is 0 Å². The van der Waals surface area contributed by atoms with Crippen LogP contribution in [-0.2, 0) is 21.1 Å². The van der Waals surface area contributed by atoms with E-state index in [-0.39, 0.29) is 23.2 Å². The van der Waals surface area contributed by atoms with E-state index in [0.29, 0.717) is 18.7 Å². The maximum absolute atomic E-state index is 12.8.